The average Bonchev–Trinajstić information content (AvgIpc) is 2.84. The van der Waals surface area contributed by atoms with Gasteiger partial charge in [0, 0.05) is 24.4 Å². The van der Waals surface area contributed by atoms with Crippen molar-refractivity contribution < 1.29 is 4.79 Å². The van der Waals surface area contributed by atoms with Gasteiger partial charge in [0.05, 0.1) is 5.39 Å². The minimum atomic E-state index is 0.0706. The number of anilines is 1. The number of nitrogens with zero attached hydrogens (tertiary/aromatic N) is 3. The fourth-order valence-electron chi connectivity index (χ4n) is 1.97. The third-order valence-corrected chi connectivity index (χ3v) is 3.04. The number of carbonyl (C=O) groups is 1. The van der Waals surface area contributed by atoms with Crippen LogP contribution in [-0.4, -0.2) is 32.7 Å². The fourth-order valence-corrected chi connectivity index (χ4v) is 2.29. The highest BCUT2D eigenvalue weighted by Crippen LogP contribution is 2.27. The van der Waals surface area contributed by atoms with Crippen molar-refractivity contribution in [2.24, 2.45) is 0 Å². The van der Waals surface area contributed by atoms with Crippen molar-refractivity contribution in [1.29, 1.82) is 0 Å². The van der Waals surface area contributed by atoms with Crippen molar-refractivity contribution in [3.8, 4) is 0 Å². The van der Waals surface area contributed by atoms with Crippen LogP contribution in [0.1, 0.15) is 6.42 Å². The Morgan fingerprint density at radius 3 is 3.12 bits per heavy atom. The molecule has 1 saturated heterocycles. The molecule has 82 valence electrons. The second-order valence-electron chi connectivity index (χ2n) is 3.80. The van der Waals surface area contributed by atoms with Crippen LogP contribution in [0.5, 0.6) is 0 Å². The van der Waals surface area contributed by atoms with Crippen molar-refractivity contribution in [3.05, 3.63) is 18.6 Å². The van der Waals surface area contributed by atoms with Crippen molar-refractivity contribution in [2.75, 3.05) is 11.4 Å². The Morgan fingerprint density at radius 1 is 1.50 bits per heavy atom. The quantitative estimate of drug-likeness (QED) is 0.723. The zero-order chi connectivity index (χ0) is 11.1. The molecule has 0 aliphatic carbocycles. The number of fused-ring (bicyclic) bond motifs is 1. The van der Waals surface area contributed by atoms with E-state index in [0.29, 0.717) is 18.8 Å². The highest BCUT2D eigenvalue weighted by Gasteiger charge is 2.30. The lowest BCUT2D eigenvalue weighted by Gasteiger charge is -2.15. The first-order chi connectivity index (χ1) is 7.75. The number of hydrogen-bond acceptors (Lipinski definition) is 4. The maximum atomic E-state index is 11.8. The first kappa shape index (κ1) is 9.65. The topological polar surface area (TPSA) is 61.9 Å². The Kier molecular flexibility index (Phi) is 2.10. The molecule has 16 heavy (non-hydrogen) atoms. The van der Waals surface area contributed by atoms with E-state index in [1.54, 1.807) is 11.1 Å². The van der Waals surface area contributed by atoms with E-state index in [2.05, 4.69) is 27.6 Å². The molecule has 2 aromatic heterocycles. The molecule has 1 amide bonds. The van der Waals surface area contributed by atoms with E-state index >= 15 is 0 Å². The Hall–Kier alpha value is -1.56. The van der Waals surface area contributed by atoms with Crippen LogP contribution >= 0.6 is 12.6 Å². The molecule has 3 heterocycles. The lowest BCUT2D eigenvalue weighted by molar-refractivity contribution is -0.117. The molecule has 1 aliphatic rings. The van der Waals surface area contributed by atoms with E-state index in [9.17, 15) is 4.79 Å². The predicted octanol–water partition coefficient (Wildman–Crippen LogP) is 0.993. The summed E-state index contributed by atoms with van der Waals surface area (Å²) in [5, 5.41) is 0.967. The van der Waals surface area contributed by atoms with Crippen LogP contribution in [0.25, 0.3) is 11.0 Å². The summed E-state index contributed by atoms with van der Waals surface area (Å²) in [6.07, 6.45) is 3.73. The molecular formula is C10H10N4OS. The number of amides is 1. The fraction of sp³-hybridized carbons (Fsp3) is 0.300. The van der Waals surface area contributed by atoms with Crippen LogP contribution < -0.4 is 4.90 Å². The number of rotatable bonds is 1. The molecule has 1 N–H and O–H groups in total. The second-order valence-corrected chi connectivity index (χ2v) is 4.53. The van der Waals surface area contributed by atoms with Crippen LogP contribution in [0, 0.1) is 0 Å². The van der Waals surface area contributed by atoms with Crippen molar-refractivity contribution in [2.45, 2.75) is 11.7 Å². The molecule has 1 aliphatic heterocycles. The molecule has 5 nitrogen and oxygen atoms in total. The summed E-state index contributed by atoms with van der Waals surface area (Å²) in [5.41, 5.74) is 0.750. The Bertz CT molecular complexity index is 552. The van der Waals surface area contributed by atoms with Crippen molar-refractivity contribution in [3.63, 3.8) is 0 Å². The number of H-pyrrole nitrogens is 1. The molecule has 0 bridgehead atoms. The Morgan fingerprint density at radius 2 is 2.38 bits per heavy atom. The maximum Gasteiger partial charge on any atom is 0.229 e. The maximum absolute atomic E-state index is 11.8. The normalized spacial score (nSPS) is 20.9. The number of aromatic amines is 1. The van der Waals surface area contributed by atoms with Crippen LogP contribution in [0.4, 0.5) is 5.82 Å². The zero-order valence-corrected chi connectivity index (χ0v) is 9.32. The third kappa shape index (κ3) is 1.37. The van der Waals surface area contributed by atoms with E-state index in [-0.39, 0.29) is 11.2 Å². The second kappa shape index (κ2) is 3.48. The number of nitrogens with one attached hydrogen (secondary N) is 1. The van der Waals surface area contributed by atoms with Gasteiger partial charge in [-0.05, 0) is 6.07 Å². The molecule has 0 saturated carbocycles. The molecule has 0 radical (unpaired) electrons. The summed E-state index contributed by atoms with van der Waals surface area (Å²) in [6, 6.07) is 1.88. The highest BCUT2D eigenvalue weighted by molar-refractivity contribution is 7.81. The first-order valence-corrected chi connectivity index (χ1v) is 5.54. The number of carbonyl (C=O) groups excluding carboxylic acids is 1. The third-order valence-electron chi connectivity index (χ3n) is 2.69. The van der Waals surface area contributed by atoms with E-state index in [0.717, 1.165) is 11.0 Å². The molecule has 1 atom stereocenters. The molecule has 0 aromatic carbocycles. The standard InChI is InChI=1S/C10H10N4OS/c15-8-3-6(16)4-14(8)10-7-1-2-11-9(7)12-5-13-10/h1-2,5-6,16H,3-4H2,(H,11,12,13). The van der Waals surface area contributed by atoms with Crippen LogP contribution in [0.15, 0.2) is 18.6 Å². The number of thiol groups is 1. The van der Waals surface area contributed by atoms with Crippen molar-refractivity contribution >= 4 is 35.4 Å². The monoisotopic (exact) mass is 234 g/mol. The SMILES string of the molecule is O=C1CC(S)CN1c1ncnc2[nH]ccc12. The van der Waals surface area contributed by atoms with E-state index in [1.807, 2.05) is 6.07 Å². The number of aromatic nitrogens is 3. The number of hydrogen-bond donors (Lipinski definition) is 2. The largest absolute Gasteiger partial charge is 0.346 e. The lowest BCUT2D eigenvalue weighted by Crippen LogP contribution is -2.25. The van der Waals surface area contributed by atoms with Gasteiger partial charge in [-0.1, -0.05) is 0 Å². The smallest absolute Gasteiger partial charge is 0.229 e. The van der Waals surface area contributed by atoms with Gasteiger partial charge in [0.2, 0.25) is 5.91 Å². The van der Waals surface area contributed by atoms with Gasteiger partial charge in [-0.2, -0.15) is 12.6 Å². The minimum Gasteiger partial charge on any atom is -0.346 e. The molecular weight excluding hydrogens is 224 g/mol. The predicted molar refractivity (Wildman–Crippen MR) is 63.6 cm³/mol. The molecule has 0 spiro atoms. The molecule has 6 heteroatoms. The average molecular weight is 234 g/mol. The Labute approximate surface area is 97.3 Å². The molecule has 3 rings (SSSR count). The lowest BCUT2D eigenvalue weighted by atomic mass is 10.3. The van der Waals surface area contributed by atoms with Crippen LogP contribution in [0.2, 0.25) is 0 Å². The molecule has 1 fully saturated rings. The van der Waals surface area contributed by atoms with Gasteiger partial charge >= 0.3 is 0 Å². The summed E-state index contributed by atoms with van der Waals surface area (Å²) >= 11 is 4.33. The van der Waals surface area contributed by atoms with Crippen LogP contribution in [0.3, 0.4) is 0 Å². The Balaban J connectivity index is 2.12. The highest BCUT2D eigenvalue weighted by atomic mass is 32.1. The van der Waals surface area contributed by atoms with Gasteiger partial charge in [0.15, 0.2) is 0 Å². The van der Waals surface area contributed by atoms with E-state index in [1.165, 1.54) is 6.33 Å². The van der Waals surface area contributed by atoms with Gasteiger partial charge in [-0.3, -0.25) is 9.69 Å². The van der Waals surface area contributed by atoms with E-state index in [4.69, 9.17) is 0 Å². The van der Waals surface area contributed by atoms with Gasteiger partial charge < -0.3 is 4.98 Å². The summed E-state index contributed by atoms with van der Waals surface area (Å²) in [5.74, 6) is 0.744. The summed E-state index contributed by atoms with van der Waals surface area (Å²) in [6.45, 7) is 0.610. The zero-order valence-electron chi connectivity index (χ0n) is 8.42. The van der Waals surface area contributed by atoms with Gasteiger partial charge in [0.25, 0.3) is 0 Å². The molecule has 2 aromatic rings. The van der Waals surface area contributed by atoms with Crippen LogP contribution in [-0.2, 0) is 4.79 Å². The summed E-state index contributed by atoms with van der Waals surface area (Å²) < 4.78 is 0. The first-order valence-electron chi connectivity index (χ1n) is 5.02. The summed E-state index contributed by atoms with van der Waals surface area (Å²) in [7, 11) is 0. The minimum absolute atomic E-state index is 0.0706. The summed E-state index contributed by atoms with van der Waals surface area (Å²) in [4.78, 5) is 24.7. The van der Waals surface area contributed by atoms with Gasteiger partial charge in [-0.25, -0.2) is 9.97 Å². The van der Waals surface area contributed by atoms with Gasteiger partial charge in [-0.15, -0.1) is 0 Å². The van der Waals surface area contributed by atoms with E-state index < -0.39 is 0 Å². The molecule has 1 unspecified atom stereocenters. The van der Waals surface area contributed by atoms with Crippen molar-refractivity contribution in [1.82, 2.24) is 15.0 Å². The van der Waals surface area contributed by atoms with Gasteiger partial charge in [0.1, 0.15) is 17.8 Å².